The van der Waals surface area contributed by atoms with Crippen LogP contribution in [0.5, 0.6) is 0 Å². The zero-order valence-electron chi connectivity index (χ0n) is 10.7. The third kappa shape index (κ3) is 5.74. The molecular weight excluding hydrogens is 257 g/mol. The van der Waals surface area contributed by atoms with Gasteiger partial charge in [0.1, 0.15) is 0 Å². The van der Waals surface area contributed by atoms with E-state index in [0.717, 1.165) is 18.7 Å². The van der Waals surface area contributed by atoms with Crippen LogP contribution < -0.4 is 10.6 Å². The van der Waals surface area contributed by atoms with E-state index in [1.54, 1.807) is 6.07 Å². The van der Waals surface area contributed by atoms with Crippen LogP contribution in [0.2, 0.25) is 0 Å². The molecule has 0 aliphatic carbocycles. The Morgan fingerprint density at radius 1 is 1.32 bits per heavy atom. The molecule has 0 aliphatic heterocycles. The maximum absolute atomic E-state index is 12.5. The first-order valence-electron chi connectivity index (χ1n) is 6.07. The molecule has 1 aromatic carbocycles. The maximum Gasteiger partial charge on any atom is 0.416 e. The number of hydrogen-bond donors (Lipinski definition) is 2. The van der Waals surface area contributed by atoms with Crippen molar-refractivity contribution in [3.63, 3.8) is 0 Å². The number of rotatable bonds is 6. The van der Waals surface area contributed by atoms with Crippen molar-refractivity contribution in [1.29, 1.82) is 0 Å². The van der Waals surface area contributed by atoms with Gasteiger partial charge in [-0.2, -0.15) is 13.2 Å². The van der Waals surface area contributed by atoms with E-state index in [4.69, 9.17) is 0 Å². The lowest BCUT2D eigenvalue weighted by atomic mass is 10.1. The summed E-state index contributed by atoms with van der Waals surface area (Å²) in [6, 6.07) is 4.95. The van der Waals surface area contributed by atoms with E-state index in [2.05, 4.69) is 10.6 Å². The molecule has 1 aromatic rings. The minimum Gasteiger partial charge on any atom is -0.352 e. The van der Waals surface area contributed by atoms with E-state index >= 15 is 0 Å². The van der Waals surface area contributed by atoms with E-state index in [0.29, 0.717) is 18.5 Å². The molecular formula is C13H17F3N2O. The topological polar surface area (TPSA) is 41.1 Å². The van der Waals surface area contributed by atoms with Gasteiger partial charge in [0.15, 0.2) is 0 Å². The average molecular weight is 274 g/mol. The van der Waals surface area contributed by atoms with E-state index < -0.39 is 11.7 Å². The predicted octanol–water partition coefficient (Wildman–Crippen LogP) is 2.32. The normalized spacial score (nSPS) is 11.4. The van der Waals surface area contributed by atoms with E-state index in [1.807, 2.05) is 6.92 Å². The Hall–Kier alpha value is -1.56. The van der Waals surface area contributed by atoms with Gasteiger partial charge in [-0.05, 0) is 24.2 Å². The number of alkyl halides is 3. The molecule has 106 valence electrons. The molecule has 1 amide bonds. The van der Waals surface area contributed by atoms with Gasteiger partial charge in [0.05, 0.1) is 5.56 Å². The second-order valence-electron chi connectivity index (χ2n) is 4.08. The second-order valence-corrected chi connectivity index (χ2v) is 4.08. The molecule has 3 nitrogen and oxygen atoms in total. The van der Waals surface area contributed by atoms with Crippen molar-refractivity contribution in [2.75, 3.05) is 13.1 Å². The second kappa shape index (κ2) is 7.13. The first-order chi connectivity index (χ1) is 8.93. The zero-order chi connectivity index (χ0) is 14.3. The van der Waals surface area contributed by atoms with Gasteiger partial charge in [-0.15, -0.1) is 0 Å². The standard InChI is InChI=1S/C13H17F3N2O/c1-2-17-7-6-12(19)18-9-10-4-3-5-11(8-10)13(14,15)16/h3-5,8,17H,2,6-7,9H2,1H3,(H,18,19). The first kappa shape index (κ1) is 15.5. The molecule has 0 aromatic heterocycles. The molecule has 0 spiro atoms. The van der Waals surface area contributed by atoms with Crippen LogP contribution in [0.3, 0.4) is 0 Å². The van der Waals surface area contributed by atoms with Crippen LogP contribution >= 0.6 is 0 Å². The Labute approximate surface area is 110 Å². The highest BCUT2D eigenvalue weighted by molar-refractivity contribution is 5.76. The summed E-state index contributed by atoms with van der Waals surface area (Å²) in [5.74, 6) is -0.182. The summed E-state index contributed by atoms with van der Waals surface area (Å²) < 4.78 is 37.4. The molecule has 0 heterocycles. The zero-order valence-corrected chi connectivity index (χ0v) is 10.7. The lowest BCUT2D eigenvalue weighted by Gasteiger charge is -2.09. The highest BCUT2D eigenvalue weighted by Gasteiger charge is 2.30. The van der Waals surface area contributed by atoms with Crippen molar-refractivity contribution in [2.45, 2.75) is 26.1 Å². The Kier molecular flexibility index (Phi) is 5.82. The fourth-order valence-corrected chi connectivity index (χ4v) is 1.53. The summed E-state index contributed by atoms with van der Waals surface area (Å²) in [7, 11) is 0. The number of benzene rings is 1. The molecule has 19 heavy (non-hydrogen) atoms. The Balaban J connectivity index is 2.47. The number of carbonyl (C=O) groups is 1. The van der Waals surface area contributed by atoms with Crippen molar-refractivity contribution in [3.05, 3.63) is 35.4 Å². The Bertz CT molecular complexity index is 419. The van der Waals surface area contributed by atoms with Gasteiger partial charge < -0.3 is 10.6 Å². The predicted molar refractivity (Wildman–Crippen MR) is 66.5 cm³/mol. The molecule has 0 unspecified atom stereocenters. The molecule has 6 heteroatoms. The van der Waals surface area contributed by atoms with Crippen molar-refractivity contribution in [1.82, 2.24) is 10.6 Å². The van der Waals surface area contributed by atoms with Gasteiger partial charge in [0.25, 0.3) is 0 Å². The van der Waals surface area contributed by atoms with E-state index in [9.17, 15) is 18.0 Å². The van der Waals surface area contributed by atoms with E-state index in [1.165, 1.54) is 6.07 Å². The minimum atomic E-state index is -4.36. The summed E-state index contributed by atoms with van der Waals surface area (Å²) in [5.41, 5.74) is -0.265. The SMILES string of the molecule is CCNCCC(=O)NCc1cccc(C(F)(F)F)c1. The highest BCUT2D eigenvalue weighted by Crippen LogP contribution is 2.29. The molecule has 0 bridgehead atoms. The van der Waals surface area contributed by atoms with Crippen LogP contribution in [0.4, 0.5) is 13.2 Å². The third-order valence-corrected chi connectivity index (χ3v) is 2.52. The van der Waals surface area contributed by atoms with Crippen molar-refractivity contribution < 1.29 is 18.0 Å². The third-order valence-electron chi connectivity index (χ3n) is 2.52. The smallest absolute Gasteiger partial charge is 0.352 e. The fourth-order valence-electron chi connectivity index (χ4n) is 1.53. The van der Waals surface area contributed by atoms with Gasteiger partial charge in [-0.3, -0.25) is 4.79 Å². The monoisotopic (exact) mass is 274 g/mol. The summed E-state index contributed by atoms with van der Waals surface area (Å²) >= 11 is 0. The van der Waals surface area contributed by atoms with Crippen LogP contribution in [-0.4, -0.2) is 19.0 Å². The number of hydrogen-bond acceptors (Lipinski definition) is 2. The molecule has 0 radical (unpaired) electrons. The van der Waals surface area contributed by atoms with Gasteiger partial charge in [0.2, 0.25) is 5.91 Å². The highest BCUT2D eigenvalue weighted by atomic mass is 19.4. The fraction of sp³-hybridized carbons (Fsp3) is 0.462. The van der Waals surface area contributed by atoms with Crippen molar-refractivity contribution >= 4 is 5.91 Å². The number of nitrogens with one attached hydrogen (secondary N) is 2. The Morgan fingerprint density at radius 3 is 2.68 bits per heavy atom. The van der Waals surface area contributed by atoms with Crippen molar-refractivity contribution in [2.24, 2.45) is 0 Å². The van der Waals surface area contributed by atoms with Crippen LogP contribution in [0.25, 0.3) is 0 Å². The van der Waals surface area contributed by atoms with Crippen LogP contribution in [0.1, 0.15) is 24.5 Å². The molecule has 0 saturated carbocycles. The molecule has 2 N–H and O–H groups in total. The lowest BCUT2D eigenvalue weighted by Crippen LogP contribution is -2.27. The van der Waals surface area contributed by atoms with Gasteiger partial charge in [-0.25, -0.2) is 0 Å². The summed E-state index contributed by atoms with van der Waals surface area (Å²) in [6.45, 7) is 3.38. The average Bonchev–Trinajstić information content (AvgIpc) is 2.36. The van der Waals surface area contributed by atoms with Crippen molar-refractivity contribution in [3.8, 4) is 0 Å². The number of halogens is 3. The largest absolute Gasteiger partial charge is 0.416 e. The number of carbonyl (C=O) groups excluding carboxylic acids is 1. The minimum absolute atomic E-state index is 0.106. The summed E-state index contributed by atoms with van der Waals surface area (Å²) in [4.78, 5) is 11.4. The quantitative estimate of drug-likeness (QED) is 0.782. The summed E-state index contributed by atoms with van der Waals surface area (Å²) in [6.07, 6.45) is -4.04. The molecule has 0 saturated heterocycles. The van der Waals surface area contributed by atoms with Gasteiger partial charge >= 0.3 is 6.18 Å². The molecule has 0 atom stereocenters. The molecule has 0 fully saturated rings. The number of amides is 1. The maximum atomic E-state index is 12.5. The van der Waals surface area contributed by atoms with Gasteiger partial charge in [-0.1, -0.05) is 19.1 Å². The van der Waals surface area contributed by atoms with Crippen LogP contribution in [0.15, 0.2) is 24.3 Å². The van der Waals surface area contributed by atoms with Crippen LogP contribution in [0, 0.1) is 0 Å². The van der Waals surface area contributed by atoms with E-state index in [-0.39, 0.29) is 12.5 Å². The van der Waals surface area contributed by atoms with Crippen LogP contribution in [-0.2, 0) is 17.5 Å². The molecule has 1 rings (SSSR count). The van der Waals surface area contributed by atoms with Gasteiger partial charge in [0, 0.05) is 19.5 Å². The Morgan fingerprint density at radius 2 is 2.05 bits per heavy atom. The lowest BCUT2D eigenvalue weighted by molar-refractivity contribution is -0.137. The molecule has 0 aliphatic rings. The summed E-state index contributed by atoms with van der Waals surface area (Å²) in [5, 5.41) is 5.59. The first-order valence-corrected chi connectivity index (χ1v) is 6.07.